The Morgan fingerprint density at radius 1 is 1.00 bits per heavy atom. The normalized spacial score (nSPS) is 10.7. The minimum atomic E-state index is -0.0504. The summed E-state index contributed by atoms with van der Waals surface area (Å²) in [6.07, 6.45) is 1.82. The Morgan fingerprint density at radius 3 is 2.45 bits per heavy atom. The Balaban J connectivity index is 1.86. The van der Waals surface area contributed by atoms with Gasteiger partial charge in [-0.25, -0.2) is 4.98 Å². The van der Waals surface area contributed by atoms with Crippen LogP contribution in [0.5, 0.6) is 0 Å². The van der Waals surface area contributed by atoms with E-state index >= 15 is 0 Å². The molecule has 0 spiro atoms. The molecule has 0 bridgehead atoms. The van der Waals surface area contributed by atoms with Gasteiger partial charge in [-0.3, -0.25) is 9.78 Å². The first-order valence-corrected chi connectivity index (χ1v) is 6.59. The number of fused-ring (bicyclic) bond motifs is 1. The van der Waals surface area contributed by atoms with E-state index in [4.69, 9.17) is 11.6 Å². The van der Waals surface area contributed by atoms with Crippen molar-refractivity contribution in [3.63, 3.8) is 0 Å². The monoisotopic (exact) mass is 282 g/mol. The first-order chi connectivity index (χ1) is 9.72. The van der Waals surface area contributed by atoms with Crippen molar-refractivity contribution in [2.75, 3.05) is 0 Å². The standard InChI is InChI=1S/C16H11ClN2O/c17-12-7-5-11(6-8-12)9-16(20)15-10-18-13-3-1-2-4-14(13)19-15/h1-8,10H,9H2. The molecule has 0 aliphatic carbocycles. The van der Waals surface area contributed by atoms with Gasteiger partial charge in [0, 0.05) is 11.4 Å². The Morgan fingerprint density at radius 2 is 1.70 bits per heavy atom. The van der Waals surface area contributed by atoms with Gasteiger partial charge in [0.1, 0.15) is 5.69 Å². The molecule has 0 fully saturated rings. The molecule has 3 rings (SSSR count). The molecule has 0 saturated carbocycles. The van der Waals surface area contributed by atoms with Crippen LogP contribution >= 0.6 is 11.6 Å². The number of carbonyl (C=O) groups is 1. The Hall–Kier alpha value is -2.26. The molecule has 1 aromatic heterocycles. The number of hydrogen-bond acceptors (Lipinski definition) is 3. The molecular weight excluding hydrogens is 272 g/mol. The van der Waals surface area contributed by atoms with Gasteiger partial charge in [0.25, 0.3) is 0 Å². The van der Waals surface area contributed by atoms with Gasteiger partial charge in [0.15, 0.2) is 5.78 Å². The van der Waals surface area contributed by atoms with Crippen molar-refractivity contribution in [3.05, 3.63) is 71.0 Å². The van der Waals surface area contributed by atoms with Crippen molar-refractivity contribution < 1.29 is 4.79 Å². The number of para-hydroxylation sites is 2. The number of ketones is 1. The summed E-state index contributed by atoms with van der Waals surface area (Å²) in [5.41, 5.74) is 2.82. The third-order valence-electron chi connectivity index (χ3n) is 3.01. The van der Waals surface area contributed by atoms with Crippen molar-refractivity contribution in [1.29, 1.82) is 0 Å². The van der Waals surface area contributed by atoms with Crippen molar-refractivity contribution in [1.82, 2.24) is 9.97 Å². The number of hydrogen-bond donors (Lipinski definition) is 0. The predicted molar refractivity (Wildman–Crippen MR) is 79.0 cm³/mol. The Kier molecular flexibility index (Phi) is 3.44. The average molecular weight is 283 g/mol. The van der Waals surface area contributed by atoms with Gasteiger partial charge in [-0.2, -0.15) is 0 Å². The summed E-state index contributed by atoms with van der Waals surface area (Å²) in [4.78, 5) is 20.8. The van der Waals surface area contributed by atoms with E-state index < -0.39 is 0 Å². The molecule has 1 heterocycles. The lowest BCUT2D eigenvalue weighted by atomic mass is 10.1. The molecule has 0 unspecified atom stereocenters. The fourth-order valence-electron chi connectivity index (χ4n) is 1.97. The predicted octanol–water partition coefficient (Wildman–Crippen LogP) is 3.71. The summed E-state index contributed by atoms with van der Waals surface area (Å²) < 4.78 is 0. The first kappa shape index (κ1) is 12.8. The second kappa shape index (κ2) is 5.39. The summed E-state index contributed by atoms with van der Waals surface area (Å²) in [7, 11) is 0. The largest absolute Gasteiger partial charge is 0.292 e. The van der Waals surface area contributed by atoms with Crippen LogP contribution in [0.15, 0.2) is 54.7 Å². The van der Waals surface area contributed by atoms with Crippen LogP contribution in [0, 0.1) is 0 Å². The zero-order valence-electron chi connectivity index (χ0n) is 10.6. The molecule has 0 aliphatic rings. The van der Waals surface area contributed by atoms with Crippen molar-refractivity contribution in [2.24, 2.45) is 0 Å². The number of aromatic nitrogens is 2. The minimum absolute atomic E-state index is 0.0504. The van der Waals surface area contributed by atoms with Crippen LogP contribution in [0.4, 0.5) is 0 Å². The average Bonchev–Trinajstić information content (AvgIpc) is 2.49. The maximum absolute atomic E-state index is 12.2. The van der Waals surface area contributed by atoms with Crippen LogP contribution in [0.3, 0.4) is 0 Å². The van der Waals surface area contributed by atoms with Gasteiger partial charge in [-0.05, 0) is 29.8 Å². The van der Waals surface area contributed by atoms with E-state index in [0.717, 1.165) is 16.6 Å². The molecule has 0 radical (unpaired) electrons. The van der Waals surface area contributed by atoms with Gasteiger partial charge < -0.3 is 0 Å². The highest BCUT2D eigenvalue weighted by atomic mass is 35.5. The maximum atomic E-state index is 12.2. The van der Waals surface area contributed by atoms with E-state index in [1.807, 2.05) is 36.4 Å². The van der Waals surface area contributed by atoms with E-state index in [-0.39, 0.29) is 5.78 Å². The van der Waals surface area contributed by atoms with Crippen molar-refractivity contribution in [3.8, 4) is 0 Å². The summed E-state index contributed by atoms with van der Waals surface area (Å²) in [6.45, 7) is 0. The quantitative estimate of drug-likeness (QED) is 0.688. The number of Topliss-reactive ketones (excluding diaryl/α,β-unsaturated/α-hetero) is 1. The zero-order chi connectivity index (χ0) is 13.9. The van der Waals surface area contributed by atoms with Crippen LogP contribution in [0.2, 0.25) is 5.02 Å². The zero-order valence-corrected chi connectivity index (χ0v) is 11.3. The molecule has 0 atom stereocenters. The van der Waals surface area contributed by atoms with E-state index in [1.54, 1.807) is 12.1 Å². The second-order valence-electron chi connectivity index (χ2n) is 4.47. The van der Waals surface area contributed by atoms with Gasteiger partial charge >= 0.3 is 0 Å². The lowest BCUT2D eigenvalue weighted by molar-refractivity contribution is 0.0988. The number of benzene rings is 2. The van der Waals surface area contributed by atoms with Crippen molar-refractivity contribution in [2.45, 2.75) is 6.42 Å². The van der Waals surface area contributed by atoms with E-state index in [1.165, 1.54) is 6.20 Å². The van der Waals surface area contributed by atoms with Crippen LogP contribution < -0.4 is 0 Å². The summed E-state index contributed by atoms with van der Waals surface area (Å²) in [5.74, 6) is -0.0504. The van der Waals surface area contributed by atoms with Gasteiger partial charge in [0.2, 0.25) is 0 Å². The van der Waals surface area contributed by atoms with Crippen LogP contribution in [-0.2, 0) is 6.42 Å². The molecule has 0 amide bonds. The van der Waals surface area contributed by atoms with E-state index in [2.05, 4.69) is 9.97 Å². The Labute approximate surface area is 121 Å². The fraction of sp³-hybridized carbons (Fsp3) is 0.0625. The molecule has 3 aromatic rings. The molecular formula is C16H11ClN2O. The van der Waals surface area contributed by atoms with E-state index in [0.29, 0.717) is 17.1 Å². The number of carbonyl (C=O) groups excluding carboxylic acids is 1. The topological polar surface area (TPSA) is 42.9 Å². The molecule has 98 valence electrons. The highest BCUT2D eigenvalue weighted by Gasteiger charge is 2.10. The first-order valence-electron chi connectivity index (χ1n) is 6.22. The number of halogens is 1. The van der Waals surface area contributed by atoms with E-state index in [9.17, 15) is 4.79 Å². The lowest BCUT2D eigenvalue weighted by Gasteiger charge is -2.02. The van der Waals surface area contributed by atoms with Crippen LogP contribution in [0.1, 0.15) is 16.1 Å². The summed E-state index contributed by atoms with van der Waals surface area (Å²) in [6, 6.07) is 14.7. The fourth-order valence-corrected chi connectivity index (χ4v) is 2.10. The maximum Gasteiger partial charge on any atom is 0.187 e. The molecule has 0 saturated heterocycles. The van der Waals surface area contributed by atoms with Gasteiger partial charge in [-0.15, -0.1) is 0 Å². The minimum Gasteiger partial charge on any atom is -0.292 e. The molecule has 3 nitrogen and oxygen atoms in total. The number of rotatable bonds is 3. The SMILES string of the molecule is O=C(Cc1ccc(Cl)cc1)c1cnc2ccccc2n1. The number of nitrogens with zero attached hydrogens (tertiary/aromatic N) is 2. The highest BCUT2D eigenvalue weighted by Crippen LogP contribution is 2.13. The Bertz CT molecular complexity index is 769. The summed E-state index contributed by atoms with van der Waals surface area (Å²) in [5, 5.41) is 0.659. The molecule has 0 aliphatic heterocycles. The third-order valence-corrected chi connectivity index (χ3v) is 3.26. The second-order valence-corrected chi connectivity index (χ2v) is 4.91. The molecule has 0 N–H and O–H groups in total. The highest BCUT2D eigenvalue weighted by molar-refractivity contribution is 6.30. The molecule has 2 aromatic carbocycles. The summed E-state index contributed by atoms with van der Waals surface area (Å²) >= 11 is 5.82. The van der Waals surface area contributed by atoms with Crippen LogP contribution in [0.25, 0.3) is 11.0 Å². The van der Waals surface area contributed by atoms with Gasteiger partial charge in [0.05, 0.1) is 17.2 Å². The third kappa shape index (κ3) is 2.68. The smallest absolute Gasteiger partial charge is 0.187 e. The van der Waals surface area contributed by atoms with Gasteiger partial charge in [-0.1, -0.05) is 35.9 Å². The van der Waals surface area contributed by atoms with Crippen LogP contribution in [-0.4, -0.2) is 15.8 Å². The van der Waals surface area contributed by atoms with Crippen molar-refractivity contribution >= 4 is 28.4 Å². The lowest BCUT2D eigenvalue weighted by Crippen LogP contribution is -2.06. The molecule has 20 heavy (non-hydrogen) atoms. The molecule has 4 heteroatoms.